The predicted octanol–water partition coefficient (Wildman–Crippen LogP) is 1.47. The second-order valence-corrected chi connectivity index (χ2v) is 8.70. The van der Waals surface area contributed by atoms with E-state index in [1.807, 2.05) is 0 Å². The fraction of sp³-hybridized carbons (Fsp3) is 0.529. The molecule has 26 heavy (non-hydrogen) atoms. The summed E-state index contributed by atoms with van der Waals surface area (Å²) >= 11 is 5.92. The van der Waals surface area contributed by atoms with E-state index in [4.69, 9.17) is 21.1 Å². The Morgan fingerprint density at radius 1 is 1.35 bits per heavy atom. The number of carbonyl (C=O) groups excluding carboxylic acids is 2. The fourth-order valence-electron chi connectivity index (χ4n) is 2.98. The quantitative estimate of drug-likeness (QED) is 0.640. The van der Waals surface area contributed by atoms with Crippen molar-refractivity contribution in [1.29, 1.82) is 0 Å². The van der Waals surface area contributed by atoms with E-state index in [0.29, 0.717) is 29.3 Å². The van der Waals surface area contributed by atoms with Crippen LogP contribution in [0.1, 0.15) is 18.9 Å². The van der Waals surface area contributed by atoms with Gasteiger partial charge >= 0.3 is 5.97 Å². The molecule has 1 aromatic carbocycles. The molecule has 0 N–H and O–H groups in total. The molecule has 1 aliphatic rings. The maximum absolute atomic E-state index is 12.3. The highest BCUT2D eigenvalue weighted by atomic mass is 35.5. The number of nitrogens with zero attached hydrogens (tertiary/aromatic N) is 1. The number of ether oxygens (including phenoxy) is 2. The van der Waals surface area contributed by atoms with Crippen molar-refractivity contribution in [1.82, 2.24) is 4.90 Å². The SMILES string of the molecule is CCN(C(=O)COC(=O)Cc1cc(Cl)ccc1OC)[C@@H]1CCS(=O)(=O)C1. The van der Waals surface area contributed by atoms with Crippen molar-refractivity contribution in [2.24, 2.45) is 0 Å². The average Bonchev–Trinajstić information content (AvgIpc) is 2.93. The molecule has 0 spiro atoms. The van der Waals surface area contributed by atoms with Gasteiger partial charge in [-0.1, -0.05) is 11.6 Å². The van der Waals surface area contributed by atoms with Crippen LogP contribution in [0.3, 0.4) is 0 Å². The first-order valence-corrected chi connectivity index (χ1v) is 10.4. The summed E-state index contributed by atoms with van der Waals surface area (Å²) in [4.78, 5) is 25.8. The minimum absolute atomic E-state index is 0.0414. The molecule has 0 aromatic heterocycles. The molecule has 1 aliphatic heterocycles. The van der Waals surface area contributed by atoms with Crippen LogP contribution in [-0.2, 0) is 30.6 Å². The van der Waals surface area contributed by atoms with Crippen LogP contribution >= 0.6 is 11.6 Å². The van der Waals surface area contributed by atoms with Crippen molar-refractivity contribution < 1.29 is 27.5 Å². The molecule has 0 radical (unpaired) electrons. The molecule has 0 unspecified atom stereocenters. The first-order valence-electron chi connectivity index (χ1n) is 8.23. The number of hydrogen-bond donors (Lipinski definition) is 0. The van der Waals surface area contributed by atoms with Crippen LogP contribution in [0.25, 0.3) is 0 Å². The van der Waals surface area contributed by atoms with Crippen LogP contribution in [0.5, 0.6) is 5.75 Å². The normalized spacial score (nSPS) is 18.3. The average molecular weight is 404 g/mol. The second kappa shape index (κ2) is 8.73. The van der Waals surface area contributed by atoms with E-state index in [2.05, 4.69) is 0 Å². The molecule has 1 amide bonds. The molecule has 1 saturated heterocycles. The summed E-state index contributed by atoms with van der Waals surface area (Å²) in [5, 5.41) is 0.462. The molecule has 0 saturated carbocycles. The Morgan fingerprint density at radius 2 is 2.08 bits per heavy atom. The minimum Gasteiger partial charge on any atom is -0.496 e. The molecule has 1 aromatic rings. The molecule has 0 aliphatic carbocycles. The molecule has 1 fully saturated rings. The van der Waals surface area contributed by atoms with Gasteiger partial charge in [0, 0.05) is 23.2 Å². The summed E-state index contributed by atoms with van der Waals surface area (Å²) < 4.78 is 33.4. The Labute approximate surface area is 158 Å². The monoisotopic (exact) mass is 403 g/mol. The third-order valence-corrected chi connectivity index (χ3v) is 6.23. The van der Waals surface area contributed by atoms with Crippen LogP contribution < -0.4 is 4.74 Å². The van der Waals surface area contributed by atoms with Gasteiger partial charge in [-0.3, -0.25) is 9.59 Å². The van der Waals surface area contributed by atoms with Crippen molar-refractivity contribution in [2.45, 2.75) is 25.8 Å². The van der Waals surface area contributed by atoms with Crippen molar-refractivity contribution in [2.75, 3.05) is 31.8 Å². The van der Waals surface area contributed by atoms with Gasteiger partial charge in [-0.2, -0.15) is 0 Å². The lowest BCUT2D eigenvalue weighted by Gasteiger charge is -2.26. The summed E-state index contributed by atoms with van der Waals surface area (Å²) in [7, 11) is -1.61. The maximum Gasteiger partial charge on any atom is 0.310 e. The lowest BCUT2D eigenvalue weighted by Crippen LogP contribution is -2.43. The summed E-state index contributed by atoms with van der Waals surface area (Å²) in [6.07, 6.45) is 0.330. The molecular weight excluding hydrogens is 382 g/mol. The maximum atomic E-state index is 12.3. The molecule has 1 atom stereocenters. The van der Waals surface area contributed by atoms with Gasteiger partial charge in [0.05, 0.1) is 25.0 Å². The second-order valence-electron chi connectivity index (χ2n) is 6.03. The molecule has 144 valence electrons. The Balaban J connectivity index is 1.92. The van der Waals surface area contributed by atoms with Crippen LogP contribution in [0.4, 0.5) is 0 Å². The number of sulfone groups is 1. The summed E-state index contributed by atoms with van der Waals surface area (Å²) in [6.45, 7) is 1.70. The first kappa shape index (κ1) is 20.5. The van der Waals surface area contributed by atoms with Gasteiger partial charge in [0.25, 0.3) is 5.91 Å². The summed E-state index contributed by atoms with van der Waals surface area (Å²) in [5.74, 6) is -0.449. The summed E-state index contributed by atoms with van der Waals surface area (Å²) in [5.41, 5.74) is 0.562. The highest BCUT2D eigenvalue weighted by molar-refractivity contribution is 7.91. The number of carbonyl (C=O) groups is 2. The molecule has 1 heterocycles. The van der Waals surface area contributed by atoms with Gasteiger partial charge in [-0.05, 0) is 31.5 Å². The first-order chi connectivity index (χ1) is 12.3. The van der Waals surface area contributed by atoms with E-state index >= 15 is 0 Å². The van der Waals surface area contributed by atoms with Crippen molar-refractivity contribution in [3.05, 3.63) is 28.8 Å². The van der Waals surface area contributed by atoms with Crippen molar-refractivity contribution in [3.63, 3.8) is 0 Å². The Morgan fingerprint density at radius 3 is 2.65 bits per heavy atom. The number of amides is 1. The molecule has 7 nitrogen and oxygen atoms in total. The predicted molar refractivity (Wildman–Crippen MR) is 97.1 cm³/mol. The largest absolute Gasteiger partial charge is 0.496 e. The number of esters is 1. The van der Waals surface area contributed by atoms with E-state index in [0.717, 1.165) is 0 Å². The van der Waals surface area contributed by atoms with E-state index in [-0.39, 0.29) is 24.0 Å². The number of rotatable bonds is 7. The number of hydrogen-bond acceptors (Lipinski definition) is 6. The fourth-order valence-corrected chi connectivity index (χ4v) is 4.90. The van der Waals surface area contributed by atoms with Crippen LogP contribution in [-0.4, -0.2) is 63.0 Å². The highest BCUT2D eigenvalue weighted by Gasteiger charge is 2.34. The number of halogens is 1. The van der Waals surface area contributed by atoms with E-state index in [9.17, 15) is 18.0 Å². The molecular formula is C17H22ClNO6S. The van der Waals surface area contributed by atoms with Gasteiger partial charge in [-0.15, -0.1) is 0 Å². The third-order valence-electron chi connectivity index (χ3n) is 4.24. The molecule has 0 bridgehead atoms. The van der Waals surface area contributed by atoms with Crippen LogP contribution in [0.15, 0.2) is 18.2 Å². The van der Waals surface area contributed by atoms with Gasteiger partial charge in [0.2, 0.25) is 0 Å². The molecule has 2 rings (SSSR count). The van der Waals surface area contributed by atoms with Crippen molar-refractivity contribution >= 4 is 33.3 Å². The lowest BCUT2D eigenvalue weighted by molar-refractivity contribution is -0.152. The zero-order chi connectivity index (χ0) is 19.3. The van der Waals surface area contributed by atoms with E-state index < -0.39 is 28.3 Å². The number of likely N-dealkylation sites (N-methyl/N-ethyl adjacent to an activating group) is 1. The van der Waals surface area contributed by atoms with Crippen LogP contribution in [0, 0.1) is 0 Å². The van der Waals surface area contributed by atoms with Gasteiger partial charge in [0.15, 0.2) is 16.4 Å². The summed E-state index contributed by atoms with van der Waals surface area (Å²) in [6, 6.07) is 4.54. The molecule has 9 heteroatoms. The van der Waals surface area contributed by atoms with Gasteiger partial charge < -0.3 is 14.4 Å². The zero-order valence-corrected chi connectivity index (χ0v) is 16.3. The highest BCUT2D eigenvalue weighted by Crippen LogP contribution is 2.23. The lowest BCUT2D eigenvalue weighted by atomic mass is 10.1. The smallest absolute Gasteiger partial charge is 0.310 e. The standard InChI is InChI=1S/C17H22ClNO6S/c1-3-19(14-6-7-26(22,23)11-14)16(20)10-25-17(21)9-12-8-13(18)4-5-15(12)24-2/h4-5,8,14H,3,6-7,9-11H2,1-2H3/t14-/m1/s1. The minimum atomic E-state index is -3.10. The number of benzene rings is 1. The third kappa shape index (κ3) is 5.35. The Kier molecular flexibility index (Phi) is 6.88. The van der Waals surface area contributed by atoms with Crippen LogP contribution in [0.2, 0.25) is 5.02 Å². The van der Waals surface area contributed by atoms with Crippen molar-refractivity contribution in [3.8, 4) is 5.75 Å². The Bertz CT molecular complexity index is 779. The van der Waals surface area contributed by atoms with Gasteiger partial charge in [0.1, 0.15) is 5.75 Å². The number of methoxy groups -OCH3 is 1. The topological polar surface area (TPSA) is 90.0 Å². The van der Waals surface area contributed by atoms with E-state index in [1.165, 1.54) is 12.0 Å². The Hall–Kier alpha value is -1.80. The van der Waals surface area contributed by atoms with E-state index in [1.54, 1.807) is 25.1 Å². The zero-order valence-electron chi connectivity index (χ0n) is 14.7. The van der Waals surface area contributed by atoms with Gasteiger partial charge in [-0.25, -0.2) is 8.42 Å².